The predicted octanol–water partition coefficient (Wildman–Crippen LogP) is 22.9. The SMILES string of the molecule is CCCCCCCC/C=C\CCCCCCCCCCCC(=O)OCCCCCCCCCCCCCCCCCCCCCCCCCC(=O)NC(CO)C(O)/C=C/CCCCCCCCCCCCCCCCCCC. The van der Waals surface area contributed by atoms with Crippen molar-refractivity contribution in [3.05, 3.63) is 24.3 Å². The molecule has 3 N–H and O–H groups in total. The average Bonchev–Trinajstić information content (AvgIpc) is 3.44. The highest BCUT2D eigenvalue weighted by molar-refractivity contribution is 5.76. The van der Waals surface area contributed by atoms with Gasteiger partial charge in [-0.25, -0.2) is 0 Å². The number of amides is 1. The lowest BCUT2D eigenvalue weighted by Gasteiger charge is -2.20. The van der Waals surface area contributed by atoms with E-state index in [2.05, 4.69) is 31.3 Å². The third kappa shape index (κ3) is 63.5. The molecule has 6 nitrogen and oxygen atoms in total. The summed E-state index contributed by atoms with van der Waals surface area (Å²) in [7, 11) is 0. The van der Waals surface area contributed by atoms with Gasteiger partial charge >= 0.3 is 5.97 Å². The van der Waals surface area contributed by atoms with Crippen LogP contribution >= 0.6 is 0 Å². The van der Waals surface area contributed by atoms with E-state index in [0.29, 0.717) is 19.4 Å². The molecule has 0 saturated heterocycles. The quantitative estimate of drug-likeness (QED) is 0.0320. The molecule has 0 aliphatic carbocycles. The topological polar surface area (TPSA) is 95.9 Å². The van der Waals surface area contributed by atoms with Crippen LogP contribution in [0, 0.1) is 0 Å². The maximum absolute atomic E-state index is 12.5. The Morgan fingerprint density at radius 3 is 0.910 bits per heavy atom. The summed E-state index contributed by atoms with van der Waals surface area (Å²) in [5, 5.41) is 23.2. The van der Waals surface area contributed by atoms with Crippen LogP contribution in [0.1, 0.15) is 399 Å². The largest absolute Gasteiger partial charge is 0.466 e. The highest BCUT2D eigenvalue weighted by atomic mass is 16.5. The lowest BCUT2D eigenvalue weighted by molar-refractivity contribution is -0.143. The first-order chi connectivity index (χ1) is 38.5. The molecular formula is C72H139NO5. The molecule has 0 rings (SSSR count). The molecule has 0 bridgehead atoms. The van der Waals surface area contributed by atoms with E-state index in [-0.39, 0.29) is 18.5 Å². The molecule has 0 heterocycles. The summed E-state index contributed by atoms with van der Waals surface area (Å²) in [5.41, 5.74) is 0. The van der Waals surface area contributed by atoms with E-state index in [9.17, 15) is 19.8 Å². The number of nitrogens with one attached hydrogen (secondary N) is 1. The van der Waals surface area contributed by atoms with Crippen LogP contribution in [0.25, 0.3) is 0 Å². The Kier molecular flexibility index (Phi) is 66.4. The monoisotopic (exact) mass is 1100 g/mol. The Balaban J connectivity index is 3.38. The first-order valence-corrected chi connectivity index (χ1v) is 35.6. The summed E-state index contributed by atoms with van der Waals surface area (Å²) in [6.45, 7) is 4.94. The number of carbonyl (C=O) groups excluding carboxylic acids is 2. The number of carbonyl (C=O) groups is 2. The molecular weight excluding hydrogens is 959 g/mol. The third-order valence-corrected chi connectivity index (χ3v) is 16.7. The van der Waals surface area contributed by atoms with Gasteiger partial charge in [-0.05, 0) is 57.8 Å². The maximum atomic E-state index is 12.5. The average molecular weight is 1100 g/mol. The number of hydrogen-bond donors (Lipinski definition) is 3. The Morgan fingerprint density at radius 2 is 0.603 bits per heavy atom. The van der Waals surface area contributed by atoms with Crippen LogP contribution in [0.15, 0.2) is 24.3 Å². The summed E-state index contributed by atoms with van der Waals surface area (Å²) >= 11 is 0. The highest BCUT2D eigenvalue weighted by Crippen LogP contribution is 2.19. The second-order valence-electron chi connectivity index (χ2n) is 24.6. The van der Waals surface area contributed by atoms with E-state index in [1.54, 1.807) is 6.08 Å². The van der Waals surface area contributed by atoms with E-state index < -0.39 is 12.1 Å². The molecule has 2 atom stereocenters. The minimum Gasteiger partial charge on any atom is -0.466 e. The molecule has 0 aromatic carbocycles. The van der Waals surface area contributed by atoms with Crippen LogP contribution in [-0.4, -0.2) is 47.4 Å². The number of aliphatic hydroxyl groups excluding tert-OH is 2. The Hall–Kier alpha value is -1.66. The van der Waals surface area contributed by atoms with Gasteiger partial charge in [0.15, 0.2) is 0 Å². The number of rotatable bonds is 67. The van der Waals surface area contributed by atoms with Gasteiger partial charge in [0.1, 0.15) is 0 Å². The van der Waals surface area contributed by atoms with Gasteiger partial charge in [-0.3, -0.25) is 9.59 Å². The first kappa shape index (κ1) is 76.3. The lowest BCUT2D eigenvalue weighted by Crippen LogP contribution is -2.45. The van der Waals surface area contributed by atoms with Gasteiger partial charge < -0.3 is 20.3 Å². The van der Waals surface area contributed by atoms with E-state index in [4.69, 9.17) is 4.74 Å². The van der Waals surface area contributed by atoms with Gasteiger partial charge in [0.2, 0.25) is 5.91 Å². The zero-order valence-electron chi connectivity index (χ0n) is 52.9. The van der Waals surface area contributed by atoms with Gasteiger partial charge in [-0.1, -0.05) is 353 Å². The van der Waals surface area contributed by atoms with Crippen molar-refractivity contribution in [2.45, 2.75) is 411 Å². The second-order valence-corrected chi connectivity index (χ2v) is 24.6. The Morgan fingerprint density at radius 1 is 0.346 bits per heavy atom. The summed E-state index contributed by atoms with van der Waals surface area (Å²) in [5.74, 6) is -0.0493. The number of esters is 1. The number of hydrogen-bond acceptors (Lipinski definition) is 5. The Bertz CT molecular complexity index is 1220. The van der Waals surface area contributed by atoms with Crippen molar-refractivity contribution in [1.29, 1.82) is 0 Å². The minimum absolute atomic E-state index is 0.0144. The van der Waals surface area contributed by atoms with E-state index >= 15 is 0 Å². The zero-order valence-corrected chi connectivity index (χ0v) is 52.9. The summed E-state index contributed by atoms with van der Waals surface area (Å²) in [6, 6.07) is -0.628. The van der Waals surface area contributed by atoms with Gasteiger partial charge in [-0.2, -0.15) is 0 Å². The number of aliphatic hydroxyl groups is 2. The molecule has 0 aromatic rings. The predicted molar refractivity (Wildman–Crippen MR) is 343 cm³/mol. The molecule has 0 aliphatic rings. The fourth-order valence-corrected chi connectivity index (χ4v) is 11.3. The van der Waals surface area contributed by atoms with Crippen molar-refractivity contribution in [3.63, 3.8) is 0 Å². The van der Waals surface area contributed by atoms with Crippen molar-refractivity contribution < 1.29 is 24.5 Å². The molecule has 2 unspecified atom stereocenters. The molecule has 6 heteroatoms. The molecule has 1 amide bonds. The normalized spacial score (nSPS) is 12.6. The fraction of sp³-hybridized carbons (Fsp3) is 0.917. The summed E-state index contributed by atoms with van der Waals surface area (Å²) < 4.78 is 5.51. The number of unbranched alkanes of at least 4 members (excludes halogenated alkanes) is 54. The van der Waals surface area contributed by atoms with E-state index in [0.717, 1.165) is 44.9 Å². The van der Waals surface area contributed by atoms with Crippen molar-refractivity contribution >= 4 is 11.9 Å². The molecule has 0 aromatic heterocycles. The molecule has 0 radical (unpaired) electrons. The van der Waals surface area contributed by atoms with Crippen LogP contribution < -0.4 is 5.32 Å². The molecule has 78 heavy (non-hydrogen) atoms. The standard InChI is InChI=1S/C72H139NO5/c1-3-5-7-9-11-13-15-17-19-21-28-32-36-40-44-48-52-56-60-64-70(75)69(68-74)73-71(76)65-61-57-53-49-45-41-37-33-30-26-24-23-25-27-31-35-39-43-47-51-55-59-63-67-78-72(77)66-62-58-54-50-46-42-38-34-29-22-20-18-16-14-12-10-8-6-4-2/h18,20,60,64,69-70,74-75H,3-17,19,21-59,61-63,65-68H2,1-2H3,(H,73,76)/b20-18-,64-60+. The first-order valence-electron chi connectivity index (χ1n) is 35.6. The summed E-state index contributed by atoms with van der Waals surface area (Å²) in [6.07, 6.45) is 85.4. The van der Waals surface area contributed by atoms with E-state index in [1.165, 1.54) is 327 Å². The van der Waals surface area contributed by atoms with Crippen molar-refractivity contribution in [1.82, 2.24) is 5.32 Å². The number of allylic oxidation sites excluding steroid dienone is 3. The fourth-order valence-electron chi connectivity index (χ4n) is 11.3. The molecule has 0 aliphatic heterocycles. The van der Waals surface area contributed by atoms with Gasteiger partial charge in [-0.15, -0.1) is 0 Å². The smallest absolute Gasteiger partial charge is 0.305 e. The molecule has 462 valence electrons. The van der Waals surface area contributed by atoms with Gasteiger partial charge in [0, 0.05) is 12.8 Å². The Labute approximate surface area is 488 Å². The minimum atomic E-state index is -0.845. The van der Waals surface area contributed by atoms with Crippen molar-refractivity contribution in [2.75, 3.05) is 13.2 Å². The van der Waals surface area contributed by atoms with Crippen molar-refractivity contribution in [2.24, 2.45) is 0 Å². The highest BCUT2D eigenvalue weighted by Gasteiger charge is 2.18. The lowest BCUT2D eigenvalue weighted by atomic mass is 10.0. The van der Waals surface area contributed by atoms with Crippen LogP contribution in [-0.2, 0) is 14.3 Å². The van der Waals surface area contributed by atoms with Crippen molar-refractivity contribution in [3.8, 4) is 0 Å². The maximum Gasteiger partial charge on any atom is 0.305 e. The molecule has 0 spiro atoms. The van der Waals surface area contributed by atoms with Crippen LogP contribution in [0.3, 0.4) is 0 Å². The molecule has 0 saturated carbocycles. The van der Waals surface area contributed by atoms with Crippen LogP contribution in [0.5, 0.6) is 0 Å². The van der Waals surface area contributed by atoms with E-state index in [1.807, 2.05) is 6.08 Å². The van der Waals surface area contributed by atoms with Gasteiger partial charge in [0.25, 0.3) is 0 Å². The van der Waals surface area contributed by atoms with Gasteiger partial charge in [0.05, 0.1) is 25.4 Å². The zero-order chi connectivity index (χ0) is 56.4. The van der Waals surface area contributed by atoms with Crippen LogP contribution in [0.4, 0.5) is 0 Å². The van der Waals surface area contributed by atoms with Crippen LogP contribution in [0.2, 0.25) is 0 Å². The second kappa shape index (κ2) is 67.8. The summed E-state index contributed by atoms with van der Waals surface area (Å²) in [4.78, 5) is 24.6. The third-order valence-electron chi connectivity index (χ3n) is 16.7. The molecule has 0 fully saturated rings. The number of ether oxygens (including phenoxy) is 1.